The molecule has 0 aliphatic heterocycles. The van der Waals surface area contributed by atoms with Crippen molar-refractivity contribution in [3.05, 3.63) is 29.5 Å². The molecule has 0 aliphatic carbocycles. The molecule has 8 heteroatoms. The van der Waals surface area contributed by atoms with Gasteiger partial charge in [-0.15, -0.1) is 5.10 Å². The third-order valence-corrected chi connectivity index (χ3v) is 2.44. The zero-order valence-electron chi connectivity index (χ0n) is 9.36. The van der Waals surface area contributed by atoms with Crippen molar-refractivity contribution in [3.63, 3.8) is 0 Å². The largest absolute Gasteiger partial charge is 0.409 e. The number of aryl methyl sites for hydroxylation is 1. The molecule has 0 aliphatic rings. The Morgan fingerprint density at radius 3 is 2.76 bits per heavy atom. The van der Waals surface area contributed by atoms with Gasteiger partial charge in [-0.2, -0.15) is 10.2 Å². The second kappa shape index (κ2) is 4.16. The standard InChI is InChI=1S/C9H11N7O/c1-5-6(2)13-14-9(7(5)8(10)15-17)16-4-11-3-12-16/h3-4,17H,1-2H3,(H2,10,15). The monoisotopic (exact) mass is 233 g/mol. The van der Waals surface area contributed by atoms with Crippen LogP contribution in [0.15, 0.2) is 17.8 Å². The van der Waals surface area contributed by atoms with Crippen LogP contribution in [0.3, 0.4) is 0 Å². The maximum absolute atomic E-state index is 8.79. The van der Waals surface area contributed by atoms with E-state index in [9.17, 15) is 0 Å². The number of nitrogens with two attached hydrogens (primary N) is 1. The molecule has 0 radical (unpaired) electrons. The molecule has 2 aromatic rings. The molecule has 2 rings (SSSR count). The first-order valence-corrected chi connectivity index (χ1v) is 4.82. The lowest BCUT2D eigenvalue weighted by Crippen LogP contribution is -2.21. The van der Waals surface area contributed by atoms with E-state index in [1.807, 2.05) is 6.92 Å². The first kappa shape index (κ1) is 11.0. The van der Waals surface area contributed by atoms with Gasteiger partial charge in [0.1, 0.15) is 12.7 Å². The number of amidine groups is 1. The van der Waals surface area contributed by atoms with Crippen LogP contribution in [0.25, 0.3) is 5.82 Å². The lowest BCUT2D eigenvalue weighted by Gasteiger charge is -2.10. The molecule has 2 heterocycles. The second-order valence-electron chi connectivity index (χ2n) is 3.43. The van der Waals surface area contributed by atoms with Gasteiger partial charge in [-0.3, -0.25) is 0 Å². The third kappa shape index (κ3) is 1.80. The summed E-state index contributed by atoms with van der Waals surface area (Å²) in [6.07, 6.45) is 2.83. The van der Waals surface area contributed by atoms with Gasteiger partial charge in [-0.25, -0.2) is 9.67 Å². The van der Waals surface area contributed by atoms with E-state index in [1.165, 1.54) is 17.3 Å². The topological polar surface area (TPSA) is 115 Å². The molecular formula is C9H11N7O. The van der Waals surface area contributed by atoms with Crippen LogP contribution in [0.2, 0.25) is 0 Å². The number of hydrogen-bond donors (Lipinski definition) is 2. The quantitative estimate of drug-likeness (QED) is 0.320. The Morgan fingerprint density at radius 1 is 1.41 bits per heavy atom. The molecular weight excluding hydrogens is 222 g/mol. The van der Waals surface area contributed by atoms with Crippen LogP contribution in [-0.4, -0.2) is 36.0 Å². The zero-order valence-corrected chi connectivity index (χ0v) is 9.36. The Morgan fingerprint density at radius 2 is 2.18 bits per heavy atom. The van der Waals surface area contributed by atoms with Gasteiger partial charge in [0.2, 0.25) is 0 Å². The summed E-state index contributed by atoms with van der Waals surface area (Å²) in [4.78, 5) is 3.82. The van der Waals surface area contributed by atoms with Gasteiger partial charge in [0.05, 0.1) is 11.3 Å². The Kier molecular flexibility index (Phi) is 2.69. The minimum absolute atomic E-state index is 0.0361. The molecule has 2 aromatic heterocycles. The lowest BCUT2D eigenvalue weighted by atomic mass is 10.1. The van der Waals surface area contributed by atoms with Crippen molar-refractivity contribution in [1.82, 2.24) is 25.0 Å². The Bertz CT molecular complexity index is 561. The molecule has 0 saturated carbocycles. The van der Waals surface area contributed by atoms with Crippen molar-refractivity contribution in [1.29, 1.82) is 0 Å². The van der Waals surface area contributed by atoms with Crippen LogP contribution in [0.4, 0.5) is 0 Å². The van der Waals surface area contributed by atoms with Crippen LogP contribution >= 0.6 is 0 Å². The highest BCUT2D eigenvalue weighted by atomic mass is 16.4. The third-order valence-electron chi connectivity index (χ3n) is 2.44. The molecule has 0 saturated heterocycles. The van der Waals surface area contributed by atoms with Gasteiger partial charge in [0.25, 0.3) is 0 Å². The van der Waals surface area contributed by atoms with E-state index in [-0.39, 0.29) is 5.84 Å². The molecule has 0 fully saturated rings. The normalized spacial score (nSPS) is 11.8. The predicted molar refractivity (Wildman–Crippen MR) is 58.9 cm³/mol. The van der Waals surface area contributed by atoms with Crippen molar-refractivity contribution < 1.29 is 5.21 Å². The maximum atomic E-state index is 8.79. The van der Waals surface area contributed by atoms with Crippen LogP contribution in [0.1, 0.15) is 16.8 Å². The molecule has 8 nitrogen and oxygen atoms in total. The summed E-state index contributed by atoms with van der Waals surface area (Å²) in [5.74, 6) is 0.340. The van der Waals surface area contributed by atoms with Crippen molar-refractivity contribution in [2.45, 2.75) is 13.8 Å². The van der Waals surface area contributed by atoms with Gasteiger partial charge in [0, 0.05) is 0 Å². The number of aromatic nitrogens is 5. The molecule has 0 aromatic carbocycles. The van der Waals surface area contributed by atoms with Crippen molar-refractivity contribution >= 4 is 5.84 Å². The van der Waals surface area contributed by atoms with Gasteiger partial charge < -0.3 is 10.9 Å². The molecule has 88 valence electrons. The SMILES string of the molecule is Cc1nnc(-n2cncn2)c(/C(N)=N/O)c1C. The summed E-state index contributed by atoms with van der Waals surface area (Å²) in [7, 11) is 0. The first-order valence-electron chi connectivity index (χ1n) is 4.82. The van der Waals surface area contributed by atoms with E-state index in [0.717, 1.165) is 5.56 Å². The van der Waals surface area contributed by atoms with E-state index >= 15 is 0 Å². The van der Waals surface area contributed by atoms with E-state index in [1.54, 1.807) is 6.92 Å². The highest BCUT2D eigenvalue weighted by Crippen LogP contribution is 2.16. The van der Waals surface area contributed by atoms with E-state index < -0.39 is 0 Å². The molecule has 0 unspecified atom stereocenters. The molecule has 3 N–H and O–H groups in total. The second-order valence-corrected chi connectivity index (χ2v) is 3.43. The number of rotatable bonds is 2. The van der Waals surface area contributed by atoms with E-state index in [4.69, 9.17) is 10.9 Å². The summed E-state index contributed by atoms with van der Waals surface area (Å²) in [5, 5.41) is 23.7. The summed E-state index contributed by atoms with van der Waals surface area (Å²) in [6, 6.07) is 0. The van der Waals surface area contributed by atoms with Gasteiger partial charge in [0.15, 0.2) is 11.7 Å². The fraction of sp³-hybridized carbons (Fsp3) is 0.222. The van der Waals surface area contributed by atoms with Crippen molar-refractivity contribution in [3.8, 4) is 5.82 Å². The lowest BCUT2D eigenvalue weighted by molar-refractivity contribution is 0.318. The van der Waals surface area contributed by atoms with E-state index in [0.29, 0.717) is 17.1 Å². The van der Waals surface area contributed by atoms with Gasteiger partial charge in [-0.1, -0.05) is 5.16 Å². The predicted octanol–water partition coefficient (Wildman–Crippen LogP) is -0.231. The molecule has 0 spiro atoms. The Hall–Kier alpha value is -2.51. The number of oxime groups is 1. The average Bonchev–Trinajstić information content (AvgIpc) is 2.85. The zero-order chi connectivity index (χ0) is 12.4. The smallest absolute Gasteiger partial charge is 0.188 e. The van der Waals surface area contributed by atoms with Crippen LogP contribution in [0.5, 0.6) is 0 Å². The minimum atomic E-state index is -0.0361. The highest BCUT2D eigenvalue weighted by molar-refractivity contribution is 6.01. The van der Waals surface area contributed by atoms with Gasteiger partial charge in [-0.05, 0) is 19.4 Å². The molecule has 0 amide bonds. The molecule has 0 atom stereocenters. The van der Waals surface area contributed by atoms with Crippen LogP contribution in [0, 0.1) is 13.8 Å². The van der Waals surface area contributed by atoms with Crippen LogP contribution < -0.4 is 5.73 Å². The van der Waals surface area contributed by atoms with Crippen molar-refractivity contribution in [2.75, 3.05) is 0 Å². The fourth-order valence-electron chi connectivity index (χ4n) is 1.43. The fourth-order valence-corrected chi connectivity index (χ4v) is 1.43. The van der Waals surface area contributed by atoms with E-state index in [2.05, 4.69) is 25.4 Å². The summed E-state index contributed by atoms with van der Waals surface area (Å²) in [6.45, 7) is 3.61. The minimum Gasteiger partial charge on any atom is -0.409 e. The van der Waals surface area contributed by atoms with Gasteiger partial charge >= 0.3 is 0 Å². The average molecular weight is 233 g/mol. The van der Waals surface area contributed by atoms with Crippen LogP contribution in [-0.2, 0) is 0 Å². The van der Waals surface area contributed by atoms with Crippen molar-refractivity contribution in [2.24, 2.45) is 10.9 Å². The maximum Gasteiger partial charge on any atom is 0.188 e. The molecule has 0 bridgehead atoms. The highest BCUT2D eigenvalue weighted by Gasteiger charge is 2.16. The summed E-state index contributed by atoms with van der Waals surface area (Å²) < 4.78 is 1.41. The Balaban J connectivity index is 2.72. The first-order chi connectivity index (χ1) is 8.15. The summed E-state index contributed by atoms with van der Waals surface area (Å²) in [5.41, 5.74) is 7.62. The number of hydrogen-bond acceptors (Lipinski definition) is 6. The summed E-state index contributed by atoms with van der Waals surface area (Å²) >= 11 is 0. The Labute approximate surface area is 96.8 Å². The molecule has 17 heavy (non-hydrogen) atoms. The number of nitrogens with zero attached hydrogens (tertiary/aromatic N) is 6.